The van der Waals surface area contributed by atoms with Crippen LogP contribution in [0.3, 0.4) is 0 Å². The number of amides is 2. The SMILES string of the molecule is CC(N)CC(=O)NCc1ccc2c(c1)CCC(=O)N2. The monoisotopic (exact) mass is 261 g/mol. The molecule has 1 aliphatic heterocycles. The van der Waals surface area contributed by atoms with Crippen LogP contribution in [0.4, 0.5) is 5.69 Å². The predicted molar refractivity (Wildman–Crippen MR) is 73.5 cm³/mol. The predicted octanol–water partition coefficient (Wildman–Crippen LogP) is 0.925. The minimum Gasteiger partial charge on any atom is -0.352 e. The lowest BCUT2D eigenvalue weighted by molar-refractivity contribution is -0.121. The molecule has 1 atom stereocenters. The summed E-state index contributed by atoms with van der Waals surface area (Å²) in [5.74, 6) is 0.0199. The Morgan fingerprint density at radius 3 is 3.00 bits per heavy atom. The highest BCUT2D eigenvalue weighted by Crippen LogP contribution is 2.23. The molecule has 1 unspecified atom stereocenters. The lowest BCUT2D eigenvalue weighted by atomic mass is 10.0. The Kier molecular flexibility index (Phi) is 4.16. The number of aryl methyl sites for hydroxylation is 1. The third-order valence-corrected chi connectivity index (χ3v) is 3.06. The molecule has 0 bridgehead atoms. The Balaban J connectivity index is 1.95. The maximum Gasteiger partial charge on any atom is 0.224 e. The second-order valence-electron chi connectivity index (χ2n) is 5.00. The Bertz CT molecular complexity index is 497. The van der Waals surface area contributed by atoms with E-state index in [9.17, 15) is 9.59 Å². The van der Waals surface area contributed by atoms with E-state index < -0.39 is 0 Å². The van der Waals surface area contributed by atoms with Gasteiger partial charge in [-0.25, -0.2) is 0 Å². The molecule has 2 amide bonds. The summed E-state index contributed by atoms with van der Waals surface area (Å²) in [5, 5.41) is 5.67. The van der Waals surface area contributed by atoms with Crippen LogP contribution >= 0.6 is 0 Å². The first-order valence-corrected chi connectivity index (χ1v) is 6.48. The van der Waals surface area contributed by atoms with Gasteiger partial charge in [0.25, 0.3) is 0 Å². The molecular formula is C14H19N3O2. The maximum atomic E-state index is 11.5. The van der Waals surface area contributed by atoms with Crippen molar-refractivity contribution in [3.63, 3.8) is 0 Å². The Hall–Kier alpha value is -1.88. The number of carbonyl (C=O) groups is 2. The fourth-order valence-corrected chi connectivity index (χ4v) is 2.11. The van der Waals surface area contributed by atoms with Crippen LogP contribution in [-0.2, 0) is 22.6 Å². The number of anilines is 1. The molecule has 0 saturated heterocycles. The van der Waals surface area contributed by atoms with Gasteiger partial charge in [0.2, 0.25) is 11.8 Å². The van der Waals surface area contributed by atoms with Gasteiger partial charge in [-0.2, -0.15) is 0 Å². The summed E-state index contributed by atoms with van der Waals surface area (Å²) in [7, 11) is 0. The minimum atomic E-state index is -0.126. The second kappa shape index (κ2) is 5.84. The Labute approximate surface area is 112 Å². The van der Waals surface area contributed by atoms with Crippen LogP contribution in [0.15, 0.2) is 18.2 Å². The number of nitrogens with two attached hydrogens (primary N) is 1. The Morgan fingerprint density at radius 2 is 2.26 bits per heavy atom. The molecule has 0 saturated carbocycles. The van der Waals surface area contributed by atoms with Gasteiger partial charge >= 0.3 is 0 Å². The number of hydrogen-bond donors (Lipinski definition) is 3. The number of carbonyl (C=O) groups excluding carboxylic acids is 2. The molecule has 1 aromatic carbocycles. The molecule has 5 nitrogen and oxygen atoms in total. The standard InChI is InChI=1S/C14H19N3O2/c1-9(15)6-14(19)16-8-10-2-4-12-11(7-10)3-5-13(18)17-12/h2,4,7,9H,3,5-6,8,15H2,1H3,(H,16,19)(H,17,18). The van der Waals surface area contributed by atoms with Gasteiger partial charge in [-0.05, 0) is 30.5 Å². The first-order chi connectivity index (χ1) is 9.04. The van der Waals surface area contributed by atoms with E-state index in [1.54, 1.807) is 6.92 Å². The number of fused-ring (bicyclic) bond motifs is 1. The molecule has 102 valence electrons. The van der Waals surface area contributed by atoms with E-state index in [-0.39, 0.29) is 17.9 Å². The van der Waals surface area contributed by atoms with Crippen LogP contribution in [-0.4, -0.2) is 17.9 Å². The van der Waals surface area contributed by atoms with Crippen molar-refractivity contribution in [1.82, 2.24) is 5.32 Å². The fourth-order valence-electron chi connectivity index (χ4n) is 2.11. The fraction of sp³-hybridized carbons (Fsp3) is 0.429. The van der Waals surface area contributed by atoms with Gasteiger partial charge < -0.3 is 16.4 Å². The number of nitrogens with one attached hydrogen (secondary N) is 2. The molecule has 4 N–H and O–H groups in total. The zero-order valence-electron chi connectivity index (χ0n) is 11.0. The molecule has 0 radical (unpaired) electrons. The van der Waals surface area contributed by atoms with Gasteiger partial charge in [0, 0.05) is 31.1 Å². The van der Waals surface area contributed by atoms with Crippen molar-refractivity contribution in [2.24, 2.45) is 5.73 Å². The van der Waals surface area contributed by atoms with Crippen molar-refractivity contribution < 1.29 is 9.59 Å². The highest BCUT2D eigenvalue weighted by molar-refractivity contribution is 5.93. The highest BCUT2D eigenvalue weighted by atomic mass is 16.2. The van der Waals surface area contributed by atoms with E-state index in [0.717, 1.165) is 23.2 Å². The van der Waals surface area contributed by atoms with Crippen LogP contribution in [0.5, 0.6) is 0 Å². The van der Waals surface area contributed by atoms with Crippen molar-refractivity contribution in [3.05, 3.63) is 29.3 Å². The molecular weight excluding hydrogens is 242 g/mol. The van der Waals surface area contributed by atoms with Crippen molar-refractivity contribution in [2.45, 2.75) is 38.8 Å². The lowest BCUT2D eigenvalue weighted by Gasteiger charge is -2.17. The van der Waals surface area contributed by atoms with Gasteiger partial charge in [-0.3, -0.25) is 9.59 Å². The number of hydrogen-bond acceptors (Lipinski definition) is 3. The summed E-state index contributed by atoms with van der Waals surface area (Å²) in [4.78, 5) is 22.8. The zero-order chi connectivity index (χ0) is 13.8. The van der Waals surface area contributed by atoms with Crippen LogP contribution in [0, 0.1) is 0 Å². The topological polar surface area (TPSA) is 84.2 Å². The lowest BCUT2D eigenvalue weighted by Crippen LogP contribution is -2.29. The maximum absolute atomic E-state index is 11.5. The Morgan fingerprint density at radius 1 is 1.47 bits per heavy atom. The van der Waals surface area contributed by atoms with Crippen molar-refractivity contribution in [2.75, 3.05) is 5.32 Å². The van der Waals surface area contributed by atoms with Crippen LogP contribution in [0.1, 0.15) is 30.9 Å². The zero-order valence-corrected chi connectivity index (χ0v) is 11.0. The molecule has 1 heterocycles. The quantitative estimate of drug-likeness (QED) is 0.753. The van der Waals surface area contributed by atoms with E-state index in [2.05, 4.69) is 10.6 Å². The van der Waals surface area contributed by atoms with Crippen molar-refractivity contribution in [3.8, 4) is 0 Å². The van der Waals surface area contributed by atoms with Gasteiger partial charge in [0.15, 0.2) is 0 Å². The summed E-state index contributed by atoms with van der Waals surface area (Å²) < 4.78 is 0. The van der Waals surface area contributed by atoms with Gasteiger partial charge in [-0.1, -0.05) is 12.1 Å². The average molecular weight is 261 g/mol. The first kappa shape index (κ1) is 13.5. The normalized spacial score (nSPS) is 15.4. The highest BCUT2D eigenvalue weighted by Gasteiger charge is 2.14. The summed E-state index contributed by atoms with van der Waals surface area (Å²) in [6.07, 6.45) is 1.61. The van der Waals surface area contributed by atoms with E-state index in [1.165, 1.54) is 0 Å². The van der Waals surface area contributed by atoms with Crippen LogP contribution in [0.25, 0.3) is 0 Å². The molecule has 0 fully saturated rings. The summed E-state index contributed by atoms with van der Waals surface area (Å²) in [6.45, 7) is 2.30. The van der Waals surface area contributed by atoms with Crippen LogP contribution in [0.2, 0.25) is 0 Å². The van der Waals surface area contributed by atoms with Crippen LogP contribution < -0.4 is 16.4 Å². The summed E-state index contributed by atoms with van der Waals surface area (Å²) in [5.41, 5.74) is 8.60. The average Bonchev–Trinajstić information content (AvgIpc) is 2.35. The smallest absolute Gasteiger partial charge is 0.224 e. The first-order valence-electron chi connectivity index (χ1n) is 6.48. The molecule has 2 rings (SSSR count). The second-order valence-corrected chi connectivity index (χ2v) is 5.00. The minimum absolute atomic E-state index is 0.0407. The third-order valence-electron chi connectivity index (χ3n) is 3.06. The molecule has 0 aliphatic carbocycles. The van der Waals surface area contributed by atoms with E-state index >= 15 is 0 Å². The molecule has 1 aliphatic rings. The van der Waals surface area contributed by atoms with Gasteiger partial charge in [-0.15, -0.1) is 0 Å². The molecule has 1 aromatic rings. The third kappa shape index (κ3) is 3.79. The van der Waals surface area contributed by atoms with Gasteiger partial charge in [0.1, 0.15) is 0 Å². The van der Waals surface area contributed by atoms with E-state index in [1.807, 2.05) is 18.2 Å². The van der Waals surface area contributed by atoms with Crippen molar-refractivity contribution >= 4 is 17.5 Å². The molecule has 0 spiro atoms. The van der Waals surface area contributed by atoms with Crippen molar-refractivity contribution in [1.29, 1.82) is 0 Å². The molecule has 0 aromatic heterocycles. The largest absolute Gasteiger partial charge is 0.352 e. The summed E-state index contributed by atoms with van der Waals surface area (Å²) in [6, 6.07) is 5.70. The molecule has 19 heavy (non-hydrogen) atoms. The van der Waals surface area contributed by atoms with Gasteiger partial charge in [0.05, 0.1) is 0 Å². The molecule has 5 heteroatoms. The number of benzene rings is 1. The van der Waals surface area contributed by atoms with E-state index in [0.29, 0.717) is 19.4 Å². The number of rotatable bonds is 4. The summed E-state index contributed by atoms with van der Waals surface area (Å²) >= 11 is 0. The van der Waals surface area contributed by atoms with E-state index in [4.69, 9.17) is 5.73 Å².